The molecule has 1 amide bonds. The number of nitrogens with one attached hydrogen (secondary N) is 1. The molecule has 6 heterocycles. The lowest BCUT2D eigenvalue weighted by Crippen LogP contribution is -2.45. The average molecular weight is 532 g/mol. The molecule has 0 spiro atoms. The van der Waals surface area contributed by atoms with Crippen molar-refractivity contribution in [3.63, 3.8) is 0 Å². The third-order valence-electron chi connectivity index (χ3n) is 7.40. The molecule has 2 aliphatic rings. The Balaban J connectivity index is 1.19. The van der Waals surface area contributed by atoms with Gasteiger partial charge >= 0.3 is 0 Å². The summed E-state index contributed by atoms with van der Waals surface area (Å²) in [5.41, 5.74) is 5.54. The number of fused-ring (bicyclic) bond motifs is 3. The van der Waals surface area contributed by atoms with Crippen LogP contribution in [0.25, 0.3) is 16.8 Å². The first-order valence-corrected chi connectivity index (χ1v) is 13.3. The molecule has 1 saturated heterocycles. The van der Waals surface area contributed by atoms with E-state index in [0.717, 1.165) is 61.6 Å². The Morgan fingerprint density at radius 2 is 1.82 bits per heavy atom. The summed E-state index contributed by atoms with van der Waals surface area (Å²) in [6.07, 6.45) is 5.25. The van der Waals surface area contributed by atoms with Gasteiger partial charge in [0.15, 0.2) is 0 Å². The van der Waals surface area contributed by atoms with Gasteiger partial charge < -0.3 is 15.1 Å². The zero-order valence-corrected chi connectivity index (χ0v) is 22.3. The predicted molar refractivity (Wildman–Crippen MR) is 146 cm³/mol. The van der Waals surface area contributed by atoms with Crippen molar-refractivity contribution in [3.05, 3.63) is 64.7 Å². The Labute approximate surface area is 226 Å². The number of carbonyl (C=O) groups excluding carboxylic acids is 1. The molecular formula is C27H30ClN9O. The fourth-order valence-corrected chi connectivity index (χ4v) is 5.34. The van der Waals surface area contributed by atoms with Crippen LogP contribution in [0.3, 0.4) is 0 Å². The van der Waals surface area contributed by atoms with E-state index in [9.17, 15) is 4.79 Å². The van der Waals surface area contributed by atoms with Gasteiger partial charge in [0.05, 0.1) is 40.9 Å². The Hall–Kier alpha value is -3.60. The molecule has 4 aromatic heterocycles. The first-order chi connectivity index (χ1) is 18.5. The lowest BCUT2D eigenvalue weighted by atomic mass is 10.1. The second-order valence-electron chi connectivity index (χ2n) is 9.81. The molecule has 0 bridgehead atoms. The summed E-state index contributed by atoms with van der Waals surface area (Å²) in [6.45, 7) is 11.3. The predicted octanol–water partition coefficient (Wildman–Crippen LogP) is 3.58. The maximum absolute atomic E-state index is 11.9. The van der Waals surface area contributed by atoms with Crippen molar-refractivity contribution in [3.8, 4) is 11.3 Å². The Morgan fingerprint density at radius 1 is 1.00 bits per heavy atom. The molecule has 196 valence electrons. The molecule has 1 fully saturated rings. The zero-order chi connectivity index (χ0) is 26.2. The van der Waals surface area contributed by atoms with Crippen LogP contribution in [-0.2, 0) is 24.4 Å². The highest BCUT2D eigenvalue weighted by atomic mass is 35.5. The molecule has 2 aliphatic heterocycles. The number of hydrogen-bond acceptors (Lipinski definition) is 8. The van der Waals surface area contributed by atoms with Gasteiger partial charge in [-0.1, -0.05) is 30.7 Å². The summed E-state index contributed by atoms with van der Waals surface area (Å²) < 4.78 is 1.88. The number of pyridine rings is 2. The second-order valence-corrected chi connectivity index (χ2v) is 10.2. The van der Waals surface area contributed by atoms with Gasteiger partial charge in [-0.15, -0.1) is 0 Å². The number of halogens is 1. The number of piperazine rings is 1. The van der Waals surface area contributed by atoms with Crippen LogP contribution < -0.4 is 5.32 Å². The Kier molecular flexibility index (Phi) is 6.69. The molecule has 4 aromatic rings. The minimum atomic E-state index is 0.0488. The minimum absolute atomic E-state index is 0.0488. The van der Waals surface area contributed by atoms with Crippen LogP contribution in [0.15, 0.2) is 42.9 Å². The highest BCUT2D eigenvalue weighted by Gasteiger charge is 2.25. The topological polar surface area (TPSA) is 94.8 Å². The van der Waals surface area contributed by atoms with Gasteiger partial charge in [-0.3, -0.25) is 9.69 Å². The average Bonchev–Trinajstić information content (AvgIpc) is 3.56. The second kappa shape index (κ2) is 10.3. The summed E-state index contributed by atoms with van der Waals surface area (Å²) in [5.74, 6) is 1.12. The van der Waals surface area contributed by atoms with Crippen molar-refractivity contribution in [2.45, 2.75) is 33.5 Å². The number of nitrogens with zero attached hydrogens (tertiary/aromatic N) is 8. The molecule has 0 saturated carbocycles. The van der Waals surface area contributed by atoms with E-state index >= 15 is 0 Å². The highest BCUT2D eigenvalue weighted by Crippen LogP contribution is 2.33. The number of hydrogen-bond donors (Lipinski definition) is 1. The normalized spacial score (nSPS) is 16.2. The van der Waals surface area contributed by atoms with Crippen LogP contribution in [0.2, 0.25) is 5.02 Å². The first kappa shape index (κ1) is 24.7. The molecule has 0 radical (unpaired) electrons. The lowest BCUT2D eigenvalue weighted by molar-refractivity contribution is -0.129. The molecule has 0 aliphatic carbocycles. The number of anilines is 2. The number of amides is 1. The van der Waals surface area contributed by atoms with Crippen molar-refractivity contribution in [2.75, 3.05) is 38.0 Å². The van der Waals surface area contributed by atoms with Gasteiger partial charge in [-0.25, -0.2) is 19.5 Å². The molecule has 6 rings (SSSR count). The maximum Gasteiger partial charge on any atom is 0.228 e. The smallest absolute Gasteiger partial charge is 0.228 e. The largest absolute Gasteiger partial charge is 0.333 e. The summed E-state index contributed by atoms with van der Waals surface area (Å²) in [5, 5.41) is 8.24. The van der Waals surface area contributed by atoms with E-state index in [4.69, 9.17) is 16.6 Å². The summed E-state index contributed by atoms with van der Waals surface area (Å²) >= 11 is 6.54. The third kappa shape index (κ3) is 4.82. The van der Waals surface area contributed by atoms with E-state index < -0.39 is 0 Å². The van der Waals surface area contributed by atoms with E-state index in [0.29, 0.717) is 35.6 Å². The maximum atomic E-state index is 11.9. The standard InChI is InChI=1S/C27H30ClN9O/c1-3-34-8-10-35(11-9-34)15-19-4-7-25(29-12-19)32-27-30-14-22(28)26(33-27)21-13-31-37-23(21)6-5-20-16-36(18(2)38)17-24(20)37/h4-7,12-14H,3,8-11,15-17H2,1-2H3,(H,29,30,32,33). The van der Waals surface area contributed by atoms with Crippen LogP contribution in [0.5, 0.6) is 0 Å². The molecular weight excluding hydrogens is 502 g/mol. The van der Waals surface area contributed by atoms with Crippen molar-refractivity contribution >= 4 is 34.8 Å². The van der Waals surface area contributed by atoms with E-state index in [1.165, 1.54) is 5.56 Å². The third-order valence-corrected chi connectivity index (χ3v) is 7.68. The molecule has 1 N–H and O–H groups in total. The molecule has 10 nitrogen and oxygen atoms in total. The van der Waals surface area contributed by atoms with E-state index in [-0.39, 0.29) is 5.91 Å². The minimum Gasteiger partial charge on any atom is -0.333 e. The number of aromatic nitrogens is 5. The van der Waals surface area contributed by atoms with Crippen LogP contribution >= 0.6 is 11.6 Å². The molecule has 0 aromatic carbocycles. The van der Waals surface area contributed by atoms with Gasteiger partial charge in [0, 0.05) is 58.0 Å². The van der Waals surface area contributed by atoms with Crippen molar-refractivity contribution in [1.29, 1.82) is 0 Å². The monoisotopic (exact) mass is 531 g/mol. The Morgan fingerprint density at radius 3 is 2.55 bits per heavy atom. The van der Waals surface area contributed by atoms with Crippen LogP contribution in [0.1, 0.15) is 30.7 Å². The quantitative estimate of drug-likeness (QED) is 0.403. The molecule has 11 heteroatoms. The fourth-order valence-electron chi connectivity index (χ4n) is 5.15. The van der Waals surface area contributed by atoms with Gasteiger partial charge in [0.25, 0.3) is 0 Å². The Bertz CT molecular complexity index is 1480. The highest BCUT2D eigenvalue weighted by molar-refractivity contribution is 6.33. The zero-order valence-electron chi connectivity index (χ0n) is 21.6. The van der Waals surface area contributed by atoms with Crippen LogP contribution in [0.4, 0.5) is 11.8 Å². The SMILES string of the molecule is CCN1CCN(Cc2ccc(Nc3ncc(Cl)c(-c4cnn5c6c(ccc45)CN(C(C)=O)C6)n3)nc2)CC1. The van der Waals surface area contributed by atoms with Gasteiger partial charge in [-0.05, 0) is 29.8 Å². The van der Waals surface area contributed by atoms with Crippen LogP contribution in [-0.4, -0.2) is 77.9 Å². The van der Waals surface area contributed by atoms with E-state index in [1.807, 2.05) is 28.9 Å². The number of carbonyl (C=O) groups is 1. The molecule has 0 unspecified atom stereocenters. The fraction of sp³-hybridized carbons (Fsp3) is 0.370. The van der Waals surface area contributed by atoms with Gasteiger partial charge in [-0.2, -0.15) is 5.10 Å². The molecule has 0 atom stereocenters. The van der Waals surface area contributed by atoms with Crippen LogP contribution in [0, 0.1) is 0 Å². The van der Waals surface area contributed by atoms with E-state index in [1.54, 1.807) is 24.2 Å². The number of likely N-dealkylation sites (N-methyl/N-ethyl adjacent to an activating group) is 1. The van der Waals surface area contributed by atoms with Gasteiger partial charge in [0.2, 0.25) is 11.9 Å². The molecule has 38 heavy (non-hydrogen) atoms. The van der Waals surface area contributed by atoms with Gasteiger partial charge in [0.1, 0.15) is 5.82 Å². The summed E-state index contributed by atoms with van der Waals surface area (Å²) in [7, 11) is 0. The van der Waals surface area contributed by atoms with Crippen molar-refractivity contribution < 1.29 is 4.79 Å². The lowest BCUT2D eigenvalue weighted by Gasteiger charge is -2.33. The summed E-state index contributed by atoms with van der Waals surface area (Å²) in [6, 6.07) is 8.09. The van der Waals surface area contributed by atoms with Crippen molar-refractivity contribution in [2.24, 2.45) is 0 Å². The van der Waals surface area contributed by atoms with E-state index in [2.05, 4.69) is 43.2 Å². The van der Waals surface area contributed by atoms with Crippen molar-refractivity contribution in [1.82, 2.24) is 39.3 Å². The summed E-state index contributed by atoms with van der Waals surface area (Å²) in [4.78, 5) is 32.3. The first-order valence-electron chi connectivity index (χ1n) is 12.9. The number of rotatable bonds is 6.